The van der Waals surface area contributed by atoms with Crippen LogP contribution in [0.4, 0.5) is 4.39 Å². The van der Waals surface area contributed by atoms with E-state index in [0.29, 0.717) is 5.92 Å². The summed E-state index contributed by atoms with van der Waals surface area (Å²) >= 11 is 0. The maximum Gasteiger partial charge on any atom is 0.165 e. The minimum atomic E-state index is -0.323. The van der Waals surface area contributed by atoms with Gasteiger partial charge in [-0.1, -0.05) is 44.6 Å². The molecular formula is C16H24FNO. The fraction of sp³-hybridized carbons (Fsp3) is 0.625. The second-order valence-corrected chi connectivity index (χ2v) is 5.59. The third-order valence-electron chi connectivity index (χ3n) is 4.17. The van der Waals surface area contributed by atoms with Gasteiger partial charge in [0, 0.05) is 6.04 Å². The van der Waals surface area contributed by atoms with E-state index in [-0.39, 0.29) is 17.6 Å². The molecule has 3 heteroatoms. The summed E-state index contributed by atoms with van der Waals surface area (Å²) in [5, 5.41) is 0. The van der Waals surface area contributed by atoms with Gasteiger partial charge in [-0.15, -0.1) is 0 Å². The molecule has 1 saturated carbocycles. The van der Waals surface area contributed by atoms with Crippen LogP contribution in [-0.4, -0.2) is 7.11 Å². The van der Waals surface area contributed by atoms with Gasteiger partial charge in [-0.3, -0.25) is 0 Å². The molecule has 1 fully saturated rings. The van der Waals surface area contributed by atoms with Crippen LogP contribution in [0, 0.1) is 11.7 Å². The molecule has 0 amide bonds. The standard InChI is InChI=1S/C16H24FNO/c1-19-16-9-8-13(11-14(16)17)15(18)10-12-6-4-2-3-5-7-12/h8-9,11-12,15H,2-7,10,18H2,1H3. The highest BCUT2D eigenvalue weighted by Gasteiger charge is 2.17. The Balaban J connectivity index is 1.98. The van der Waals surface area contributed by atoms with Crippen LogP contribution in [0.2, 0.25) is 0 Å². The molecule has 0 radical (unpaired) electrons. The zero-order chi connectivity index (χ0) is 13.7. The van der Waals surface area contributed by atoms with Gasteiger partial charge in [-0.05, 0) is 30.0 Å². The zero-order valence-corrected chi connectivity index (χ0v) is 11.7. The number of nitrogens with two attached hydrogens (primary N) is 1. The lowest BCUT2D eigenvalue weighted by Gasteiger charge is -2.20. The molecule has 0 aliphatic heterocycles. The van der Waals surface area contributed by atoms with E-state index in [1.54, 1.807) is 6.07 Å². The van der Waals surface area contributed by atoms with E-state index in [1.807, 2.05) is 6.07 Å². The normalized spacial score (nSPS) is 18.9. The lowest BCUT2D eigenvalue weighted by Crippen LogP contribution is -2.15. The van der Waals surface area contributed by atoms with Crippen LogP contribution in [-0.2, 0) is 0 Å². The molecule has 0 saturated heterocycles. The summed E-state index contributed by atoms with van der Waals surface area (Å²) in [6, 6.07) is 4.99. The van der Waals surface area contributed by atoms with Crippen LogP contribution in [0.3, 0.4) is 0 Å². The van der Waals surface area contributed by atoms with Crippen LogP contribution in [0.25, 0.3) is 0 Å². The molecule has 106 valence electrons. The predicted molar refractivity (Wildman–Crippen MR) is 75.7 cm³/mol. The SMILES string of the molecule is COc1ccc(C(N)CC2CCCCCC2)cc1F. The van der Waals surface area contributed by atoms with Gasteiger partial charge in [0.15, 0.2) is 11.6 Å². The maximum absolute atomic E-state index is 13.7. The minimum Gasteiger partial charge on any atom is -0.494 e. The molecule has 1 atom stereocenters. The van der Waals surface area contributed by atoms with E-state index in [2.05, 4.69) is 0 Å². The number of benzene rings is 1. The molecule has 1 aliphatic rings. The number of ether oxygens (including phenoxy) is 1. The van der Waals surface area contributed by atoms with E-state index in [9.17, 15) is 4.39 Å². The van der Waals surface area contributed by atoms with Gasteiger partial charge in [0.05, 0.1) is 7.11 Å². The van der Waals surface area contributed by atoms with Crippen molar-refractivity contribution in [3.63, 3.8) is 0 Å². The summed E-state index contributed by atoms with van der Waals surface area (Å²) in [5.41, 5.74) is 7.11. The number of rotatable bonds is 4. The highest BCUT2D eigenvalue weighted by Crippen LogP contribution is 2.31. The maximum atomic E-state index is 13.7. The van der Waals surface area contributed by atoms with E-state index in [4.69, 9.17) is 10.5 Å². The van der Waals surface area contributed by atoms with Crippen molar-refractivity contribution in [3.8, 4) is 5.75 Å². The summed E-state index contributed by atoms with van der Waals surface area (Å²) in [7, 11) is 1.48. The Hall–Kier alpha value is -1.09. The highest BCUT2D eigenvalue weighted by molar-refractivity contribution is 5.30. The van der Waals surface area contributed by atoms with Crippen molar-refractivity contribution in [1.29, 1.82) is 0 Å². The molecule has 2 N–H and O–H groups in total. The third kappa shape index (κ3) is 3.93. The Morgan fingerprint density at radius 2 is 1.95 bits per heavy atom. The first kappa shape index (κ1) is 14.3. The molecule has 0 bridgehead atoms. The lowest BCUT2D eigenvalue weighted by atomic mass is 9.90. The fourth-order valence-electron chi connectivity index (χ4n) is 3.01. The fourth-order valence-corrected chi connectivity index (χ4v) is 3.01. The molecule has 0 spiro atoms. The van der Waals surface area contributed by atoms with Gasteiger partial charge in [-0.2, -0.15) is 0 Å². The van der Waals surface area contributed by atoms with E-state index < -0.39 is 0 Å². The van der Waals surface area contributed by atoms with Gasteiger partial charge in [-0.25, -0.2) is 4.39 Å². The number of hydrogen-bond donors (Lipinski definition) is 1. The molecule has 1 unspecified atom stereocenters. The van der Waals surface area contributed by atoms with E-state index in [1.165, 1.54) is 51.7 Å². The Labute approximate surface area is 115 Å². The summed E-state index contributed by atoms with van der Waals surface area (Å²) in [5.74, 6) is 0.657. The van der Waals surface area contributed by atoms with Gasteiger partial charge in [0.2, 0.25) is 0 Å². The molecule has 2 rings (SSSR count). The van der Waals surface area contributed by atoms with Crippen LogP contribution in [0.5, 0.6) is 5.75 Å². The number of halogens is 1. The molecule has 0 aromatic heterocycles. The highest BCUT2D eigenvalue weighted by atomic mass is 19.1. The quantitative estimate of drug-likeness (QED) is 0.828. The monoisotopic (exact) mass is 265 g/mol. The van der Waals surface area contributed by atoms with Crippen molar-refractivity contribution in [1.82, 2.24) is 0 Å². The molecule has 19 heavy (non-hydrogen) atoms. The summed E-state index contributed by atoms with van der Waals surface area (Å²) in [4.78, 5) is 0. The largest absolute Gasteiger partial charge is 0.494 e. The van der Waals surface area contributed by atoms with Gasteiger partial charge >= 0.3 is 0 Å². The van der Waals surface area contributed by atoms with Crippen LogP contribution >= 0.6 is 0 Å². The Morgan fingerprint density at radius 1 is 1.26 bits per heavy atom. The molecule has 1 aromatic rings. The first-order valence-corrected chi connectivity index (χ1v) is 7.29. The zero-order valence-electron chi connectivity index (χ0n) is 11.7. The van der Waals surface area contributed by atoms with Gasteiger partial charge in [0.1, 0.15) is 0 Å². The second-order valence-electron chi connectivity index (χ2n) is 5.59. The van der Waals surface area contributed by atoms with Crippen molar-refractivity contribution >= 4 is 0 Å². The van der Waals surface area contributed by atoms with Gasteiger partial charge in [0.25, 0.3) is 0 Å². The van der Waals surface area contributed by atoms with Crippen molar-refractivity contribution < 1.29 is 9.13 Å². The second kappa shape index (κ2) is 6.90. The molecular weight excluding hydrogens is 241 g/mol. The van der Waals surface area contributed by atoms with E-state index >= 15 is 0 Å². The number of hydrogen-bond acceptors (Lipinski definition) is 2. The van der Waals surface area contributed by atoms with Gasteiger partial charge < -0.3 is 10.5 Å². The average molecular weight is 265 g/mol. The molecule has 0 heterocycles. The number of methoxy groups -OCH3 is 1. The predicted octanol–water partition coefficient (Wildman–Crippen LogP) is 4.19. The molecule has 1 aromatic carbocycles. The van der Waals surface area contributed by atoms with Crippen molar-refractivity contribution in [2.24, 2.45) is 11.7 Å². The molecule has 2 nitrogen and oxygen atoms in total. The Morgan fingerprint density at radius 3 is 2.53 bits per heavy atom. The van der Waals surface area contributed by atoms with Crippen LogP contribution < -0.4 is 10.5 Å². The lowest BCUT2D eigenvalue weighted by molar-refractivity contribution is 0.381. The summed E-state index contributed by atoms with van der Waals surface area (Å²) in [6.45, 7) is 0. The smallest absolute Gasteiger partial charge is 0.165 e. The average Bonchev–Trinajstić information content (AvgIpc) is 2.67. The first-order valence-electron chi connectivity index (χ1n) is 7.29. The van der Waals surface area contributed by atoms with Crippen molar-refractivity contribution in [2.45, 2.75) is 51.0 Å². The van der Waals surface area contributed by atoms with E-state index in [0.717, 1.165) is 12.0 Å². The molecule has 1 aliphatic carbocycles. The minimum absolute atomic E-state index is 0.0662. The Kier molecular flexibility index (Phi) is 5.20. The van der Waals surface area contributed by atoms with Crippen molar-refractivity contribution in [3.05, 3.63) is 29.6 Å². The van der Waals surface area contributed by atoms with Crippen LogP contribution in [0.15, 0.2) is 18.2 Å². The van der Waals surface area contributed by atoms with Crippen molar-refractivity contribution in [2.75, 3.05) is 7.11 Å². The topological polar surface area (TPSA) is 35.2 Å². The first-order chi connectivity index (χ1) is 9.20. The summed E-state index contributed by atoms with van der Waals surface area (Å²) < 4.78 is 18.6. The van der Waals surface area contributed by atoms with Crippen LogP contribution in [0.1, 0.15) is 56.6 Å². The third-order valence-corrected chi connectivity index (χ3v) is 4.17. The Bertz CT molecular complexity index is 400. The summed E-state index contributed by atoms with van der Waals surface area (Å²) in [6.07, 6.45) is 8.83.